The summed E-state index contributed by atoms with van der Waals surface area (Å²) in [6, 6.07) is 0. The van der Waals surface area contributed by atoms with Crippen LogP contribution in [0.5, 0.6) is 0 Å². The Hall–Kier alpha value is -0.940. The van der Waals surface area contributed by atoms with Crippen molar-refractivity contribution >= 4 is 11.8 Å². The number of esters is 1. The highest BCUT2D eigenvalue weighted by atomic mass is 16.8. The van der Waals surface area contributed by atoms with Gasteiger partial charge in [0.05, 0.1) is 12.7 Å². The van der Waals surface area contributed by atoms with Crippen LogP contribution < -0.4 is 0 Å². The fraction of sp³-hybridized carbons (Fsp3) is 0.833. The predicted molar refractivity (Wildman–Crippen MR) is 56.0 cm³/mol. The van der Waals surface area contributed by atoms with Crippen molar-refractivity contribution in [2.75, 3.05) is 6.61 Å². The third-order valence-electron chi connectivity index (χ3n) is 3.88. The molecule has 0 bridgehead atoms. The van der Waals surface area contributed by atoms with Crippen LogP contribution in [-0.4, -0.2) is 36.4 Å². The van der Waals surface area contributed by atoms with Crippen LogP contribution in [0.25, 0.3) is 0 Å². The van der Waals surface area contributed by atoms with E-state index in [9.17, 15) is 9.59 Å². The first kappa shape index (κ1) is 11.2. The van der Waals surface area contributed by atoms with Crippen LogP contribution in [0.1, 0.15) is 27.2 Å². The van der Waals surface area contributed by atoms with Gasteiger partial charge in [0.1, 0.15) is 11.5 Å². The average molecular weight is 240 g/mol. The molecule has 5 nitrogen and oxygen atoms in total. The Bertz CT molecular complexity index is 402. The molecule has 0 spiro atoms. The van der Waals surface area contributed by atoms with Crippen LogP contribution in [0.4, 0.5) is 0 Å². The van der Waals surface area contributed by atoms with Gasteiger partial charge in [0, 0.05) is 5.92 Å². The zero-order valence-electron chi connectivity index (χ0n) is 10.2. The molecule has 0 amide bonds. The van der Waals surface area contributed by atoms with Crippen molar-refractivity contribution in [2.24, 2.45) is 11.3 Å². The van der Waals surface area contributed by atoms with E-state index in [1.807, 2.05) is 0 Å². The lowest BCUT2D eigenvalue weighted by atomic mass is 10.0. The van der Waals surface area contributed by atoms with Crippen LogP contribution >= 0.6 is 0 Å². The third-order valence-corrected chi connectivity index (χ3v) is 3.88. The van der Waals surface area contributed by atoms with Gasteiger partial charge >= 0.3 is 5.97 Å². The molecule has 1 heterocycles. The summed E-state index contributed by atoms with van der Waals surface area (Å²) in [6.45, 7) is 5.60. The molecular weight excluding hydrogens is 224 g/mol. The number of carbonyl (C=O) groups excluding carboxylic acids is 2. The van der Waals surface area contributed by atoms with E-state index < -0.39 is 23.3 Å². The fourth-order valence-electron chi connectivity index (χ4n) is 3.10. The Morgan fingerprint density at radius 1 is 1.47 bits per heavy atom. The maximum atomic E-state index is 12.2. The number of ether oxygens (including phenoxy) is 3. The van der Waals surface area contributed by atoms with E-state index >= 15 is 0 Å². The molecule has 94 valence electrons. The maximum absolute atomic E-state index is 12.2. The first-order valence-electron chi connectivity index (χ1n) is 5.99. The summed E-state index contributed by atoms with van der Waals surface area (Å²) < 4.78 is 16.2. The smallest absolute Gasteiger partial charge is 0.320 e. The van der Waals surface area contributed by atoms with Gasteiger partial charge in [0.2, 0.25) is 0 Å². The summed E-state index contributed by atoms with van der Waals surface area (Å²) >= 11 is 0. The normalized spacial score (nSPS) is 45.4. The molecule has 0 radical (unpaired) electrons. The molecule has 4 atom stereocenters. The lowest BCUT2D eigenvalue weighted by Gasteiger charge is -2.19. The SMILES string of the molecule is CCOC(=O)[C@]12C[C@H]1[C@@H]1OC(C)(C)O[C@@H]1C2=O. The molecule has 0 N–H and O–H groups in total. The minimum atomic E-state index is -0.957. The monoisotopic (exact) mass is 240 g/mol. The highest BCUT2D eigenvalue weighted by molar-refractivity contribution is 6.12. The zero-order valence-corrected chi connectivity index (χ0v) is 10.2. The molecule has 3 rings (SSSR count). The van der Waals surface area contributed by atoms with Gasteiger partial charge < -0.3 is 14.2 Å². The molecule has 5 heteroatoms. The summed E-state index contributed by atoms with van der Waals surface area (Å²) in [5.41, 5.74) is -0.957. The van der Waals surface area contributed by atoms with Gasteiger partial charge in [-0.25, -0.2) is 0 Å². The van der Waals surface area contributed by atoms with Gasteiger partial charge in [-0.1, -0.05) is 0 Å². The number of hydrogen-bond donors (Lipinski definition) is 0. The zero-order chi connectivity index (χ0) is 12.4. The number of Topliss-reactive ketones (excluding diaryl/α,β-unsaturated/α-hetero) is 1. The van der Waals surface area contributed by atoms with Crippen molar-refractivity contribution in [3.05, 3.63) is 0 Å². The lowest BCUT2D eigenvalue weighted by Crippen LogP contribution is -2.35. The molecule has 17 heavy (non-hydrogen) atoms. The van der Waals surface area contributed by atoms with E-state index in [1.165, 1.54) is 0 Å². The largest absolute Gasteiger partial charge is 0.465 e. The summed E-state index contributed by atoms with van der Waals surface area (Å²) in [7, 11) is 0. The number of rotatable bonds is 2. The van der Waals surface area contributed by atoms with E-state index in [0.29, 0.717) is 13.0 Å². The van der Waals surface area contributed by atoms with Gasteiger partial charge in [-0.15, -0.1) is 0 Å². The summed E-state index contributed by atoms with van der Waals surface area (Å²) in [5.74, 6) is -1.35. The minimum Gasteiger partial charge on any atom is -0.465 e. The molecule has 0 aromatic carbocycles. The van der Waals surface area contributed by atoms with Crippen molar-refractivity contribution in [2.45, 2.75) is 45.2 Å². The second kappa shape index (κ2) is 3.09. The number of hydrogen-bond acceptors (Lipinski definition) is 5. The van der Waals surface area contributed by atoms with Gasteiger partial charge in [-0.2, -0.15) is 0 Å². The second-order valence-electron chi connectivity index (χ2n) is 5.39. The molecular formula is C12H16O5. The van der Waals surface area contributed by atoms with E-state index in [4.69, 9.17) is 14.2 Å². The predicted octanol–water partition coefficient (Wildman–Crippen LogP) is 0.659. The molecule has 1 saturated heterocycles. The molecule has 0 unspecified atom stereocenters. The van der Waals surface area contributed by atoms with E-state index in [0.717, 1.165) is 0 Å². The van der Waals surface area contributed by atoms with Crippen LogP contribution in [0, 0.1) is 11.3 Å². The lowest BCUT2D eigenvalue weighted by molar-refractivity contribution is -0.170. The minimum absolute atomic E-state index is 0.0548. The second-order valence-corrected chi connectivity index (χ2v) is 5.39. The van der Waals surface area contributed by atoms with Crippen molar-refractivity contribution in [3.8, 4) is 0 Å². The summed E-state index contributed by atoms with van der Waals surface area (Å²) in [4.78, 5) is 24.1. The van der Waals surface area contributed by atoms with E-state index in [2.05, 4.69) is 0 Å². The Morgan fingerprint density at radius 2 is 2.18 bits per heavy atom. The van der Waals surface area contributed by atoms with Crippen LogP contribution in [0.3, 0.4) is 0 Å². The Labute approximate surface area is 99.4 Å². The summed E-state index contributed by atoms with van der Waals surface area (Å²) in [5, 5.41) is 0. The standard InChI is InChI=1S/C12H16O5/c1-4-15-10(14)12-5-6(12)7-8(9(12)13)17-11(2,3)16-7/h6-8H,4-5H2,1-3H3/t6-,7-,8-,12+/m0/s1. The van der Waals surface area contributed by atoms with Crippen molar-refractivity contribution in [1.82, 2.24) is 0 Å². The van der Waals surface area contributed by atoms with E-state index in [-0.39, 0.29) is 17.8 Å². The van der Waals surface area contributed by atoms with E-state index in [1.54, 1.807) is 20.8 Å². The highest BCUT2D eigenvalue weighted by Gasteiger charge is 2.79. The number of ketones is 1. The molecule has 2 saturated carbocycles. The molecule has 3 fully saturated rings. The van der Waals surface area contributed by atoms with Gasteiger partial charge in [0.25, 0.3) is 0 Å². The number of fused-ring (bicyclic) bond motifs is 3. The Balaban J connectivity index is 1.84. The quantitative estimate of drug-likeness (QED) is 0.524. The van der Waals surface area contributed by atoms with Crippen molar-refractivity contribution in [1.29, 1.82) is 0 Å². The average Bonchev–Trinajstić information content (AvgIpc) is 2.85. The van der Waals surface area contributed by atoms with Gasteiger partial charge in [0.15, 0.2) is 11.6 Å². The van der Waals surface area contributed by atoms with Crippen LogP contribution in [0.15, 0.2) is 0 Å². The first-order chi connectivity index (χ1) is 7.92. The van der Waals surface area contributed by atoms with Crippen LogP contribution in [-0.2, 0) is 23.8 Å². The molecule has 0 aromatic heterocycles. The summed E-state index contributed by atoms with van der Waals surface area (Å²) in [6.07, 6.45) is -0.319. The highest BCUT2D eigenvalue weighted by Crippen LogP contribution is 2.65. The third kappa shape index (κ3) is 1.27. The van der Waals surface area contributed by atoms with Gasteiger partial charge in [-0.3, -0.25) is 9.59 Å². The van der Waals surface area contributed by atoms with Crippen molar-refractivity contribution < 1.29 is 23.8 Å². The number of carbonyl (C=O) groups is 2. The van der Waals surface area contributed by atoms with Gasteiger partial charge in [-0.05, 0) is 27.2 Å². The Morgan fingerprint density at radius 3 is 2.76 bits per heavy atom. The Kier molecular flexibility index (Phi) is 2.03. The molecule has 2 aliphatic carbocycles. The molecule has 3 aliphatic rings. The molecule has 0 aromatic rings. The molecule has 1 aliphatic heterocycles. The maximum Gasteiger partial charge on any atom is 0.320 e. The van der Waals surface area contributed by atoms with Crippen molar-refractivity contribution in [3.63, 3.8) is 0 Å². The topological polar surface area (TPSA) is 61.8 Å². The first-order valence-corrected chi connectivity index (χ1v) is 5.99. The van der Waals surface area contributed by atoms with Crippen LogP contribution in [0.2, 0.25) is 0 Å². The fourth-order valence-corrected chi connectivity index (χ4v) is 3.10.